The Bertz CT molecular complexity index is 86.9. The van der Waals surface area contributed by atoms with Crippen LogP contribution in [-0.4, -0.2) is 12.4 Å². The Labute approximate surface area is 65.9 Å². The van der Waals surface area contributed by atoms with Crippen LogP contribution in [0.4, 0.5) is 0 Å². The van der Waals surface area contributed by atoms with Crippen molar-refractivity contribution >= 4 is 12.4 Å². The van der Waals surface area contributed by atoms with E-state index in [0.717, 1.165) is 0 Å². The van der Waals surface area contributed by atoms with Crippen LogP contribution in [0.1, 0.15) is 46.5 Å². The molecule has 0 aliphatic rings. The number of rotatable bonds is 5. The SMILES string of the molecule is CCB=C(CCC)CCC. The van der Waals surface area contributed by atoms with Crippen molar-refractivity contribution in [2.45, 2.75) is 52.8 Å². The molecule has 10 heavy (non-hydrogen) atoms. The van der Waals surface area contributed by atoms with E-state index in [2.05, 4.69) is 27.7 Å². The first-order valence-electron chi connectivity index (χ1n) is 4.53. The van der Waals surface area contributed by atoms with Crippen molar-refractivity contribution in [2.24, 2.45) is 0 Å². The molecule has 0 aromatic carbocycles. The molecule has 0 rings (SSSR count). The fraction of sp³-hybridized carbons (Fsp3) is 0.889. The van der Waals surface area contributed by atoms with E-state index in [4.69, 9.17) is 0 Å². The van der Waals surface area contributed by atoms with Crippen LogP contribution in [-0.2, 0) is 0 Å². The molecule has 0 heterocycles. The van der Waals surface area contributed by atoms with Crippen molar-refractivity contribution < 1.29 is 0 Å². The van der Waals surface area contributed by atoms with Gasteiger partial charge in [0.15, 0.2) is 0 Å². The van der Waals surface area contributed by atoms with Crippen molar-refractivity contribution in [2.75, 3.05) is 0 Å². The summed E-state index contributed by atoms with van der Waals surface area (Å²) in [4.78, 5) is 0. The molecular formula is C9H19B. The first-order chi connectivity index (χ1) is 4.85. The molecule has 0 amide bonds. The van der Waals surface area contributed by atoms with E-state index in [1.54, 1.807) is 5.46 Å². The summed E-state index contributed by atoms with van der Waals surface area (Å²) in [5.74, 6) is 0. The Morgan fingerprint density at radius 3 is 1.80 bits per heavy atom. The monoisotopic (exact) mass is 138 g/mol. The van der Waals surface area contributed by atoms with Gasteiger partial charge in [0, 0.05) is 0 Å². The fourth-order valence-corrected chi connectivity index (χ4v) is 1.26. The molecule has 0 saturated carbocycles. The Morgan fingerprint density at radius 1 is 1.00 bits per heavy atom. The van der Waals surface area contributed by atoms with Crippen molar-refractivity contribution in [3.05, 3.63) is 0 Å². The molecule has 0 aromatic heterocycles. The Balaban J connectivity index is 3.60. The molecule has 0 atom stereocenters. The van der Waals surface area contributed by atoms with Gasteiger partial charge in [-0.1, -0.05) is 0 Å². The van der Waals surface area contributed by atoms with Crippen molar-refractivity contribution in [3.8, 4) is 0 Å². The van der Waals surface area contributed by atoms with Gasteiger partial charge in [0.25, 0.3) is 0 Å². The van der Waals surface area contributed by atoms with Crippen LogP contribution in [0.25, 0.3) is 0 Å². The average molecular weight is 138 g/mol. The zero-order valence-electron chi connectivity index (χ0n) is 7.61. The van der Waals surface area contributed by atoms with Crippen LogP contribution in [0.5, 0.6) is 0 Å². The van der Waals surface area contributed by atoms with E-state index in [-0.39, 0.29) is 0 Å². The van der Waals surface area contributed by atoms with Gasteiger partial charge in [-0.2, -0.15) is 0 Å². The molecule has 0 nitrogen and oxygen atoms in total. The van der Waals surface area contributed by atoms with Gasteiger partial charge in [0.05, 0.1) is 0 Å². The third kappa shape index (κ3) is 4.78. The van der Waals surface area contributed by atoms with Crippen molar-refractivity contribution in [1.29, 1.82) is 0 Å². The summed E-state index contributed by atoms with van der Waals surface area (Å²) in [6, 6.07) is 0. The topological polar surface area (TPSA) is 0 Å². The summed E-state index contributed by atoms with van der Waals surface area (Å²) >= 11 is 0. The minimum absolute atomic E-state index is 1.20. The molecule has 0 aliphatic carbocycles. The molecule has 0 bridgehead atoms. The van der Waals surface area contributed by atoms with E-state index in [1.807, 2.05) is 0 Å². The third-order valence-electron chi connectivity index (χ3n) is 1.64. The van der Waals surface area contributed by atoms with Crippen LogP contribution < -0.4 is 0 Å². The van der Waals surface area contributed by atoms with Crippen LogP contribution >= 0.6 is 0 Å². The molecule has 0 aliphatic heterocycles. The van der Waals surface area contributed by atoms with Gasteiger partial charge in [-0.25, -0.2) is 0 Å². The quantitative estimate of drug-likeness (QED) is 0.512. The molecule has 58 valence electrons. The second-order valence-electron chi connectivity index (χ2n) is 2.77. The second kappa shape index (κ2) is 7.05. The Hall–Kier alpha value is -0.0651. The second-order valence-corrected chi connectivity index (χ2v) is 2.77. The maximum absolute atomic E-state index is 2.38. The zero-order chi connectivity index (χ0) is 7.82. The van der Waals surface area contributed by atoms with Crippen LogP contribution in [0.15, 0.2) is 0 Å². The van der Waals surface area contributed by atoms with Crippen molar-refractivity contribution in [1.82, 2.24) is 0 Å². The average Bonchev–Trinajstić information content (AvgIpc) is 1.90. The van der Waals surface area contributed by atoms with Gasteiger partial charge in [-0.15, -0.1) is 0 Å². The summed E-state index contributed by atoms with van der Waals surface area (Å²) in [6.07, 6.45) is 6.41. The van der Waals surface area contributed by atoms with Crippen molar-refractivity contribution in [3.63, 3.8) is 0 Å². The summed E-state index contributed by atoms with van der Waals surface area (Å²) in [5, 5.41) is 0. The Morgan fingerprint density at radius 2 is 1.50 bits per heavy atom. The zero-order valence-corrected chi connectivity index (χ0v) is 7.61. The van der Waals surface area contributed by atoms with E-state index in [9.17, 15) is 0 Å². The van der Waals surface area contributed by atoms with Gasteiger partial charge in [-0.05, 0) is 0 Å². The van der Waals surface area contributed by atoms with E-state index in [1.165, 1.54) is 32.0 Å². The number of hydrogen-bond donors (Lipinski definition) is 0. The normalized spacial score (nSPS) is 9.10. The molecule has 0 N–H and O–H groups in total. The van der Waals surface area contributed by atoms with Gasteiger partial charge in [0.2, 0.25) is 0 Å². The molecule has 1 heteroatoms. The molecule has 0 aromatic rings. The summed E-state index contributed by atoms with van der Waals surface area (Å²) in [6.45, 7) is 9.09. The molecule has 0 radical (unpaired) electrons. The predicted molar refractivity (Wildman–Crippen MR) is 51.1 cm³/mol. The summed E-state index contributed by atoms with van der Waals surface area (Å²) < 4.78 is 0. The van der Waals surface area contributed by atoms with Crippen LogP contribution in [0.2, 0.25) is 6.32 Å². The minimum atomic E-state index is 1.20. The van der Waals surface area contributed by atoms with Crippen LogP contribution in [0, 0.1) is 0 Å². The first-order valence-corrected chi connectivity index (χ1v) is 4.53. The summed E-state index contributed by atoms with van der Waals surface area (Å²) in [7, 11) is 0. The van der Waals surface area contributed by atoms with Gasteiger partial charge in [-0.3, -0.25) is 0 Å². The van der Waals surface area contributed by atoms with Gasteiger partial charge >= 0.3 is 65.2 Å². The number of hydrogen-bond acceptors (Lipinski definition) is 0. The predicted octanol–water partition coefficient (Wildman–Crippen LogP) is 2.90. The Kier molecular flexibility index (Phi) is 7.00. The molecule has 0 saturated heterocycles. The molecule has 0 spiro atoms. The first kappa shape index (κ1) is 9.93. The molecule has 0 unspecified atom stereocenters. The van der Waals surface area contributed by atoms with E-state index >= 15 is 0 Å². The maximum atomic E-state index is 2.38. The van der Waals surface area contributed by atoms with E-state index < -0.39 is 0 Å². The third-order valence-corrected chi connectivity index (χ3v) is 1.64. The summed E-state index contributed by atoms with van der Waals surface area (Å²) in [5.41, 5.74) is 1.66. The van der Waals surface area contributed by atoms with Gasteiger partial charge in [0.1, 0.15) is 0 Å². The standard InChI is InChI=1S/C9H19B/c1-4-7-9(8-5-2)10-6-3/h4-8H2,1-3H3. The molecule has 0 fully saturated rings. The van der Waals surface area contributed by atoms with E-state index in [0.29, 0.717) is 0 Å². The molecular weight excluding hydrogens is 119 g/mol. The van der Waals surface area contributed by atoms with Gasteiger partial charge < -0.3 is 0 Å². The van der Waals surface area contributed by atoms with Crippen LogP contribution in [0.3, 0.4) is 0 Å². The fourth-order valence-electron chi connectivity index (χ4n) is 1.26.